The smallest absolute Gasteiger partial charge is 0.262 e. The highest BCUT2D eigenvalue weighted by molar-refractivity contribution is 6.08. The molecule has 0 radical (unpaired) electrons. The van der Waals surface area contributed by atoms with Crippen LogP contribution in [-0.4, -0.2) is 24.1 Å². The van der Waals surface area contributed by atoms with Crippen LogP contribution in [0.4, 0.5) is 5.69 Å². The molecule has 0 saturated heterocycles. The first-order valence-corrected chi connectivity index (χ1v) is 6.66. The number of aromatic hydroxyl groups is 1. The third kappa shape index (κ3) is 2.26. The van der Waals surface area contributed by atoms with Crippen molar-refractivity contribution in [2.45, 2.75) is 6.54 Å². The number of hydrogen-bond acceptors (Lipinski definition) is 3. The first-order valence-electron chi connectivity index (χ1n) is 6.66. The summed E-state index contributed by atoms with van der Waals surface area (Å²) in [6.07, 6.45) is 0. The Hall–Kier alpha value is -2.33. The number of phenols is 1. The van der Waals surface area contributed by atoms with Gasteiger partial charge in [0.25, 0.3) is 5.91 Å². The predicted molar refractivity (Wildman–Crippen MR) is 77.9 cm³/mol. The van der Waals surface area contributed by atoms with Crippen molar-refractivity contribution in [3.8, 4) is 5.75 Å². The fourth-order valence-electron chi connectivity index (χ4n) is 2.47. The second-order valence-corrected chi connectivity index (χ2v) is 4.78. The molecule has 0 bridgehead atoms. The molecule has 0 aliphatic carbocycles. The number of carbonyl (C=O) groups is 1. The van der Waals surface area contributed by atoms with E-state index >= 15 is 0 Å². The van der Waals surface area contributed by atoms with E-state index in [2.05, 4.69) is 5.32 Å². The van der Waals surface area contributed by atoms with E-state index in [1.54, 1.807) is 23.1 Å². The van der Waals surface area contributed by atoms with Gasteiger partial charge in [0.05, 0.1) is 5.56 Å². The average molecular weight is 268 g/mol. The van der Waals surface area contributed by atoms with Crippen LogP contribution in [0.1, 0.15) is 15.9 Å². The minimum Gasteiger partial charge on any atom is -0.507 e. The lowest BCUT2D eigenvalue weighted by Crippen LogP contribution is -2.34. The van der Waals surface area contributed by atoms with Gasteiger partial charge >= 0.3 is 0 Å². The molecule has 1 heterocycles. The number of anilines is 1. The zero-order valence-corrected chi connectivity index (χ0v) is 11.0. The van der Waals surface area contributed by atoms with Crippen LogP contribution in [0.5, 0.6) is 5.75 Å². The van der Waals surface area contributed by atoms with Gasteiger partial charge in [0.2, 0.25) is 0 Å². The molecule has 1 aliphatic rings. The number of rotatable bonds is 1. The van der Waals surface area contributed by atoms with Crippen LogP contribution in [0.15, 0.2) is 48.5 Å². The summed E-state index contributed by atoms with van der Waals surface area (Å²) in [4.78, 5) is 14.4. The largest absolute Gasteiger partial charge is 0.507 e. The Morgan fingerprint density at radius 2 is 1.85 bits per heavy atom. The Labute approximate surface area is 117 Å². The van der Waals surface area contributed by atoms with Crippen molar-refractivity contribution >= 4 is 11.6 Å². The average Bonchev–Trinajstić information content (AvgIpc) is 2.69. The minimum absolute atomic E-state index is 0.0205. The lowest BCUT2D eigenvalue weighted by molar-refractivity contribution is 0.0985. The highest BCUT2D eigenvalue weighted by Gasteiger charge is 2.23. The van der Waals surface area contributed by atoms with Crippen LogP contribution in [-0.2, 0) is 6.54 Å². The van der Waals surface area contributed by atoms with E-state index in [0.717, 1.165) is 24.3 Å². The molecule has 2 N–H and O–H groups in total. The monoisotopic (exact) mass is 268 g/mol. The normalized spacial score (nSPS) is 14.5. The van der Waals surface area contributed by atoms with E-state index in [9.17, 15) is 9.90 Å². The van der Waals surface area contributed by atoms with Crippen molar-refractivity contribution in [3.05, 3.63) is 59.7 Å². The van der Waals surface area contributed by atoms with Crippen LogP contribution in [0.2, 0.25) is 0 Å². The van der Waals surface area contributed by atoms with Crippen molar-refractivity contribution in [2.24, 2.45) is 0 Å². The van der Waals surface area contributed by atoms with Gasteiger partial charge in [-0.15, -0.1) is 0 Å². The van der Waals surface area contributed by atoms with Crippen LogP contribution in [0, 0.1) is 0 Å². The molecule has 0 aromatic heterocycles. The predicted octanol–water partition coefficient (Wildman–Crippen LogP) is 2.14. The number of phenolic OH excluding ortho intramolecular Hbond substituents is 1. The lowest BCUT2D eigenvalue weighted by atomic mass is 10.1. The molecule has 4 heteroatoms. The molecule has 0 fully saturated rings. The second kappa shape index (κ2) is 5.35. The van der Waals surface area contributed by atoms with Gasteiger partial charge < -0.3 is 15.3 Å². The second-order valence-electron chi connectivity index (χ2n) is 4.78. The van der Waals surface area contributed by atoms with Crippen LogP contribution in [0.25, 0.3) is 0 Å². The number of fused-ring (bicyclic) bond motifs is 1. The summed E-state index contributed by atoms with van der Waals surface area (Å²) in [5.74, 6) is -0.147. The fraction of sp³-hybridized carbons (Fsp3) is 0.188. The van der Waals surface area contributed by atoms with Gasteiger partial charge in [-0.1, -0.05) is 30.3 Å². The Morgan fingerprint density at radius 1 is 1.10 bits per heavy atom. The molecule has 2 aromatic carbocycles. The molecular weight excluding hydrogens is 252 g/mol. The molecule has 0 unspecified atom stereocenters. The summed E-state index contributed by atoms with van der Waals surface area (Å²) < 4.78 is 0. The topological polar surface area (TPSA) is 52.6 Å². The number of amides is 1. The number of nitrogens with zero attached hydrogens (tertiary/aromatic N) is 1. The maximum atomic E-state index is 12.7. The molecule has 1 aliphatic heterocycles. The van der Waals surface area contributed by atoms with E-state index < -0.39 is 0 Å². The van der Waals surface area contributed by atoms with E-state index in [1.807, 2.05) is 24.3 Å². The molecule has 0 spiro atoms. The summed E-state index contributed by atoms with van der Waals surface area (Å²) in [5, 5.41) is 13.2. The van der Waals surface area contributed by atoms with E-state index in [1.165, 1.54) is 6.07 Å². The zero-order chi connectivity index (χ0) is 13.9. The summed E-state index contributed by atoms with van der Waals surface area (Å²) in [6, 6.07) is 14.5. The Bertz CT molecular complexity index is 640. The Kier molecular flexibility index (Phi) is 3.39. The number of carbonyl (C=O) groups excluding carboxylic acids is 1. The summed E-state index contributed by atoms with van der Waals surface area (Å²) in [7, 11) is 0. The summed E-state index contributed by atoms with van der Waals surface area (Å²) >= 11 is 0. The van der Waals surface area contributed by atoms with Gasteiger partial charge in [0.1, 0.15) is 5.75 Å². The molecule has 0 atom stereocenters. The first-order chi connectivity index (χ1) is 9.77. The molecule has 2 aromatic rings. The molecule has 20 heavy (non-hydrogen) atoms. The minimum atomic E-state index is -0.167. The van der Waals surface area contributed by atoms with Crippen molar-refractivity contribution < 1.29 is 9.90 Å². The van der Waals surface area contributed by atoms with Gasteiger partial charge in [0, 0.05) is 25.3 Å². The molecule has 1 amide bonds. The van der Waals surface area contributed by atoms with Gasteiger partial charge in [-0.25, -0.2) is 0 Å². The molecule has 3 rings (SSSR count). The number of nitrogens with one attached hydrogen (secondary N) is 1. The van der Waals surface area contributed by atoms with E-state index in [0.29, 0.717) is 12.1 Å². The quantitative estimate of drug-likeness (QED) is 0.833. The standard InChI is InChI=1S/C16H16N2O2/c19-15-8-4-2-6-13(15)16(20)18-10-9-17-11-12-5-1-3-7-14(12)18/h1-8,17,19H,9-11H2. The zero-order valence-electron chi connectivity index (χ0n) is 11.0. The van der Waals surface area contributed by atoms with Gasteiger partial charge in [-0.2, -0.15) is 0 Å². The molecule has 4 nitrogen and oxygen atoms in total. The SMILES string of the molecule is O=C(c1ccccc1O)N1CCNCc2ccccc21. The fourth-order valence-corrected chi connectivity index (χ4v) is 2.47. The van der Waals surface area contributed by atoms with Crippen molar-refractivity contribution in [2.75, 3.05) is 18.0 Å². The van der Waals surface area contributed by atoms with Crippen molar-refractivity contribution in [1.29, 1.82) is 0 Å². The van der Waals surface area contributed by atoms with Gasteiger partial charge in [0.15, 0.2) is 0 Å². The number of hydrogen-bond donors (Lipinski definition) is 2. The molecule has 102 valence electrons. The highest BCUT2D eigenvalue weighted by Crippen LogP contribution is 2.26. The van der Waals surface area contributed by atoms with Crippen LogP contribution < -0.4 is 10.2 Å². The van der Waals surface area contributed by atoms with E-state index in [-0.39, 0.29) is 11.7 Å². The summed E-state index contributed by atoms with van der Waals surface area (Å²) in [6.45, 7) is 2.07. The van der Waals surface area contributed by atoms with Crippen molar-refractivity contribution in [3.63, 3.8) is 0 Å². The first kappa shape index (κ1) is 12.7. The third-order valence-corrected chi connectivity index (χ3v) is 3.49. The highest BCUT2D eigenvalue weighted by atomic mass is 16.3. The molecular formula is C16H16N2O2. The number of benzene rings is 2. The Balaban J connectivity index is 2.02. The lowest BCUT2D eigenvalue weighted by Gasteiger charge is -2.22. The maximum Gasteiger partial charge on any atom is 0.262 e. The Morgan fingerprint density at radius 3 is 2.70 bits per heavy atom. The van der Waals surface area contributed by atoms with E-state index in [4.69, 9.17) is 0 Å². The maximum absolute atomic E-state index is 12.7. The van der Waals surface area contributed by atoms with Crippen molar-refractivity contribution in [1.82, 2.24) is 5.32 Å². The van der Waals surface area contributed by atoms with Crippen LogP contribution in [0.3, 0.4) is 0 Å². The van der Waals surface area contributed by atoms with Crippen LogP contribution >= 0.6 is 0 Å². The summed E-state index contributed by atoms with van der Waals surface area (Å²) in [5.41, 5.74) is 2.34. The van der Waals surface area contributed by atoms with Gasteiger partial charge in [-0.3, -0.25) is 4.79 Å². The third-order valence-electron chi connectivity index (χ3n) is 3.49. The van der Waals surface area contributed by atoms with Gasteiger partial charge in [-0.05, 0) is 23.8 Å². The molecule has 0 saturated carbocycles. The number of para-hydroxylation sites is 2.